The van der Waals surface area contributed by atoms with Crippen LogP contribution in [0.25, 0.3) is 0 Å². The van der Waals surface area contributed by atoms with Crippen LogP contribution in [0.1, 0.15) is 32.3 Å². The molecule has 1 saturated heterocycles. The monoisotopic (exact) mass is 375 g/mol. The van der Waals surface area contributed by atoms with Crippen molar-refractivity contribution >= 4 is 23.7 Å². The molecule has 8 nitrogen and oxygen atoms in total. The van der Waals surface area contributed by atoms with Crippen LogP contribution in [-0.2, 0) is 25.6 Å². The van der Waals surface area contributed by atoms with E-state index in [1.807, 2.05) is 37.3 Å². The number of carboxylic acids is 1. The minimum absolute atomic E-state index is 0.253. The smallest absolute Gasteiger partial charge is 0.326 e. The molecule has 4 atom stereocenters. The van der Waals surface area contributed by atoms with Gasteiger partial charge in [-0.2, -0.15) is 0 Å². The second kappa shape index (κ2) is 9.16. The minimum Gasteiger partial charge on any atom is -0.480 e. The number of carbonyl (C=O) groups is 4. The van der Waals surface area contributed by atoms with Gasteiger partial charge in [-0.05, 0) is 11.5 Å². The minimum atomic E-state index is -1.13. The first-order valence-corrected chi connectivity index (χ1v) is 8.98. The first-order valence-electron chi connectivity index (χ1n) is 8.98. The lowest BCUT2D eigenvalue weighted by atomic mass is 9.98. The molecular formula is C19H25N3O5. The third kappa shape index (κ3) is 5.54. The maximum absolute atomic E-state index is 12.3. The lowest BCUT2D eigenvalue weighted by Gasteiger charge is -2.30. The molecule has 4 N–H and O–H groups in total. The second-order valence-corrected chi connectivity index (χ2v) is 6.79. The predicted octanol–water partition coefficient (Wildman–Crippen LogP) is 0.218. The van der Waals surface area contributed by atoms with E-state index in [2.05, 4.69) is 16.0 Å². The Hall–Kier alpha value is -2.90. The third-order valence-electron chi connectivity index (χ3n) is 4.73. The molecule has 2 rings (SSSR count). The van der Waals surface area contributed by atoms with Crippen molar-refractivity contribution in [2.45, 2.75) is 51.2 Å². The molecule has 0 aliphatic carbocycles. The molecular weight excluding hydrogens is 350 g/mol. The number of nitrogens with one attached hydrogen (secondary N) is 3. The molecule has 1 heterocycles. The van der Waals surface area contributed by atoms with Gasteiger partial charge in [-0.1, -0.05) is 50.6 Å². The highest BCUT2D eigenvalue weighted by Gasteiger charge is 2.35. The van der Waals surface area contributed by atoms with Crippen LogP contribution in [0, 0.1) is 5.92 Å². The molecule has 146 valence electrons. The summed E-state index contributed by atoms with van der Waals surface area (Å²) in [5.74, 6) is -2.80. The number of piperazine rings is 1. The molecule has 8 heteroatoms. The van der Waals surface area contributed by atoms with Crippen molar-refractivity contribution in [3.05, 3.63) is 35.9 Å². The van der Waals surface area contributed by atoms with Gasteiger partial charge in [0, 0.05) is 6.42 Å². The Labute approximate surface area is 157 Å². The fourth-order valence-corrected chi connectivity index (χ4v) is 2.91. The van der Waals surface area contributed by atoms with Gasteiger partial charge in [0.25, 0.3) is 0 Å². The first-order chi connectivity index (χ1) is 12.8. The number of carboxylic acid groups (broad SMARTS) is 1. The summed E-state index contributed by atoms with van der Waals surface area (Å²) in [6.07, 6.45) is 0.626. The van der Waals surface area contributed by atoms with Crippen LogP contribution in [0.2, 0.25) is 0 Å². The van der Waals surface area contributed by atoms with E-state index in [1.54, 1.807) is 6.92 Å². The number of carbonyl (C=O) groups excluding carboxylic acids is 3. The highest BCUT2D eigenvalue weighted by atomic mass is 16.4. The Bertz CT molecular complexity index is 707. The predicted molar refractivity (Wildman–Crippen MR) is 97.6 cm³/mol. The van der Waals surface area contributed by atoms with Crippen molar-refractivity contribution in [2.75, 3.05) is 0 Å². The van der Waals surface area contributed by atoms with Crippen molar-refractivity contribution in [3.8, 4) is 0 Å². The van der Waals surface area contributed by atoms with E-state index < -0.39 is 35.9 Å². The van der Waals surface area contributed by atoms with E-state index in [9.17, 15) is 24.3 Å². The van der Waals surface area contributed by atoms with E-state index in [0.29, 0.717) is 12.8 Å². The largest absolute Gasteiger partial charge is 0.480 e. The summed E-state index contributed by atoms with van der Waals surface area (Å²) in [6, 6.07) is 6.53. The molecule has 0 unspecified atom stereocenters. The molecule has 1 aromatic carbocycles. The fourth-order valence-electron chi connectivity index (χ4n) is 2.91. The van der Waals surface area contributed by atoms with Gasteiger partial charge >= 0.3 is 5.97 Å². The maximum Gasteiger partial charge on any atom is 0.326 e. The van der Waals surface area contributed by atoms with Gasteiger partial charge in [0.1, 0.15) is 18.1 Å². The van der Waals surface area contributed by atoms with Crippen molar-refractivity contribution in [2.24, 2.45) is 5.92 Å². The van der Waals surface area contributed by atoms with Gasteiger partial charge in [-0.15, -0.1) is 0 Å². The van der Waals surface area contributed by atoms with Crippen LogP contribution in [0.5, 0.6) is 0 Å². The van der Waals surface area contributed by atoms with Crippen molar-refractivity contribution in [1.82, 2.24) is 16.0 Å². The number of amides is 3. The summed E-state index contributed by atoms with van der Waals surface area (Å²) in [5.41, 5.74) is 0.909. The zero-order valence-corrected chi connectivity index (χ0v) is 15.4. The van der Waals surface area contributed by atoms with Gasteiger partial charge < -0.3 is 21.1 Å². The van der Waals surface area contributed by atoms with Crippen LogP contribution in [0.4, 0.5) is 0 Å². The van der Waals surface area contributed by atoms with E-state index in [-0.39, 0.29) is 18.2 Å². The van der Waals surface area contributed by atoms with Crippen LogP contribution in [-0.4, -0.2) is 46.9 Å². The van der Waals surface area contributed by atoms with Crippen LogP contribution in [0.15, 0.2) is 30.3 Å². The normalized spacial score (nSPS) is 21.6. The molecule has 0 saturated carbocycles. The van der Waals surface area contributed by atoms with Crippen LogP contribution < -0.4 is 16.0 Å². The Morgan fingerprint density at radius 3 is 2.30 bits per heavy atom. The summed E-state index contributed by atoms with van der Waals surface area (Å²) < 4.78 is 0. The Morgan fingerprint density at radius 1 is 1.11 bits per heavy atom. The van der Waals surface area contributed by atoms with Crippen molar-refractivity contribution < 1.29 is 24.3 Å². The topological polar surface area (TPSA) is 125 Å². The number of benzene rings is 1. The van der Waals surface area contributed by atoms with Gasteiger partial charge in [0.15, 0.2) is 0 Å². The van der Waals surface area contributed by atoms with Crippen LogP contribution >= 0.6 is 0 Å². The van der Waals surface area contributed by atoms with Gasteiger partial charge in [0.2, 0.25) is 17.7 Å². The number of rotatable bonds is 8. The molecule has 1 fully saturated rings. The van der Waals surface area contributed by atoms with Crippen LogP contribution in [0.3, 0.4) is 0 Å². The summed E-state index contributed by atoms with van der Waals surface area (Å²) in [5, 5.41) is 16.9. The molecule has 0 radical (unpaired) electrons. The SMILES string of the molecule is CC[C@H](C)[C@@H](NC(=O)C[C@@H]1NC(=O)[C@H](Cc2ccccc2)NC1=O)C(=O)O. The standard InChI is InChI=1S/C19H25N3O5/c1-3-11(2)16(19(26)27)22-15(23)10-14-18(25)20-13(17(24)21-14)9-12-7-5-4-6-8-12/h4-8,11,13-14,16H,3,9-10H2,1-2H3,(H,20,25)(H,21,24)(H,22,23)(H,26,27)/t11-,13-,14-,16+/m0/s1. The molecule has 27 heavy (non-hydrogen) atoms. The quantitative estimate of drug-likeness (QED) is 0.517. The molecule has 0 spiro atoms. The zero-order valence-electron chi connectivity index (χ0n) is 15.4. The second-order valence-electron chi connectivity index (χ2n) is 6.79. The summed E-state index contributed by atoms with van der Waals surface area (Å²) in [6.45, 7) is 3.55. The Morgan fingerprint density at radius 2 is 1.70 bits per heavy atom. The summed E-state index contributed by atoms with van der Waals surface area (Å²) >= 11 is 0. The van der Waals surface area contributed by atoms with E-state index >= 15 is 0 Å². The van der Waals surface area contributed by atoms with E-state index in [1.165, 1.54) is 0 Å². The summed E-state index contributed by atoms with van der Waals surface area (Å²) in [4.78, 5) is 48.0. The molecule has 0 aromatic heterocycles. The average molecular weight is 375 g/mol. The fraction of sp³-hybridized carbons (Fsp3) is 0.474. The molecule has 1 aliphatic heterocycles. The maximum atomic E-state index is 12.3. The highest BCUT2D eigenvalue weighted by molar-refractivity contribution is 5.99. The van der Waals surface area contributed by atoms with E-state index in [0.717, 1.165) is 5.56 Å². The highest BCUT2D eigenvalue weighted by Crippen LogP contribution is 2.11. The lowest BCUT2D eigenvalue weighted by Crippen LogP contribution is -2.63. The van der Waals surface area contributed by atoms with Gasteiger partial charge in [0.05, 0.1) is 6.42 Å². The van der Waals surface area contributed by atoms with Gasteiger partial charge in [-0.25, -0.2) is 4.79 Å². The number of aliphatic carboxylic acids is 1. The molecule has 0 bridgehead atoms. The number of hydrogen-bond acceptors (Lipinski definition) is 4. The van der Waals surface area contributed by atoms with Crippen molar-refractivity contribution in [3.63, 3.8) is 0 Å². The zero-order chi connectivity index (χ0) is 20.0. The third-order valence-corrected chi connectivity index (χ3v) is 4.73. The van der Waals surface area contributed by atoms with Gasteiger partial charge in [-0.3, -0.25) is 14.4 Å². The Kier molecular flexibility index (Phi) is 6.92. The number of hydrogen-bond donors (Lipinski definition) is 4. The van der Waals surface area contributed by atoms with E-state index in [4.69, 9.17) is 0 Å². The Balaban J connectivity index is 1.93. The molecule has 3 amide bonds. The van der Waals surface area contributed by atoms with Crippen molar-refractivity contribution in [1.29, 1.82) is 0 Å². The first kappa shape index (κ1) is 20.4. The summed E-state index contributed by atoms with van der Waals surface area (Å²) in [7, 11) is 0. The average Bonchev–Trinajstić information content (AvgIpc) is 2.63. The molecule has 1 aromatic rings. The lowest BCUT2D eigenvalue weighted by molar-refractivity contribution is -0.144. The molecule has 1 aliphatic rings.